The van der Waals surface area contributed by atoms with Crippen LogP contribution in [0.4, 0.5) is 10.1 Å². The molecule has 0 aromatic heterocycles. The van der Waals surface area contributed by atoms with Gasteiger partial charge in [-0.05, 0) is 31.5 Å². The molecule has 0 aliphatic rings. The van der Waals surface area contributed by atoms with E-state index in [4.69, 9.17) is 4.74 Å². The zero-order chi connectivity index (χ0) is 15.2. The molecule has 0 fully saturated rings. The van der Waals surface area contributed by atoms with Crippen molar-refractivity contribution >= 4 is 11.7 Å². The van der Waals surface area contributed by atoms with Crippen molar-refractivity contribution in [2.75, 3.05) is 11.9 Å². The second kappa shape index (κ2) is 6.88. The lowest BCUT2D eigenvalue weighted by atomic mass is 10.0. The summed E-state index contributed by atoms with van der Waals surface area (Å²) in [6.07, 6.45) is 0. The highest BCUT2D eigenvalue weighted by atomic mass is 19.1. The maximum Gasteiger partial charge on any atom is 0.333 e. The Balaban J connectivity index is 2.36. The van der Waals surface area contributed by atoms with Gasteiger partial charge >= 0.3 is 5.97 Å². The van der Waals surface area contributed by atoms with E-state index in [1.807, 2.05) is 31.2 Å². The number of rotatable bonds is 5. The molecule has 4 heteroatoms. The molecule has 21 heavy (non-hydrogen) atoms. The minimum absolute atomic E-state index is 0.249. The Bertz CT molecular complexity index is 628. The van der Waals surface area contributed by atoms with Crippen LogP contribution in [0.1, 0.15) is 24.1 Å². The van der Waals surface area contributed by atoms with Crippen molar-refractivity contribution in [3.05, 3.63) is 65.5 Å². The summed E-state index contributed by atoms with van der Waals surface area (Å²) in [6.45, 7) is 3.90. The van der Waals surface area contributed by atoms with Crippen molar-refractivity contribution < 1.29 is 13.9 Å². The molecule has 1 unspecified atom stereocenters. The third kappa shape index (κ3) is 3.60. The third-order valence-corrected chi connectivity index (χ3v) is 3.18. The molecular weight excluding hydrogens is 269 g/mol. The number of halogens is 1. The van der Waals surface area contributed by atoms with Crippen LogP contribution in [-0.2, 0) is 9.53 Å². The summed E-state index contributed by atoms with van der Waals surface area (Å²) in [5.41, 5.74) is 2.03. The first-order valence-electron chi connectivity index (χ1n) is 6.86. The summed E-state index contributed by atoms with van der Waals surface area (Å²) < 4.78 is 19.1. The smallest absolute Gasteiger partial charge is 0.333 e. The molecular formula is C17H18FNO2. The number of carbonyl (C=O) groups excluding carboxylic acids is 1. The van der Waals surface area contributed by atoms with Crippen LogP contribution in [0.5, 0.6) is 0 Å². The highest BCUT2D eigenvalue weighted by Gasteiger charge is 2.25. The van der Waals surface area contributed by atoms with Crippen molar-refractivity contribution in [1.82, 2.24) is 0 Å². The fourth-order valence-corrected chi connectivity index (χ4v) is 2.09. The summed E-state index contributed by atoms with van der Waals surface area (Å²) in [5.74, 6) is -0.928. The maximum absolute atomic E-state index is 14.0. The number of hydrogen-bond acceptors (Lipinski definition) is 3. The van der Waals surface area contributed by atoms with Crippen LogP contribution in [-0.4, -0.2) is 12.6 Å². The summed E-state index contributed by atoms with van der Waals surface area (Å²) in [4.78, 5) is 12.2. The predicted octanol–water partition coefficient (Wildman–Crippen LogP) is 3.85. The molecule has 2 aromatic rings. The first kappa shape index (κ1) is 15.0. The maximum atomic E-state index is 14.0. The van der Waals surface area contributed by atoms with E-state index in [1.54, 1.807) is 25.1 Å². The Morgan fingerprint density at radius 1 is 1.19 bits per heavy atom. The Kier molecular flexibility index (Phi) is 4.93. The largest absolute Gasteiger partial charge is 0.464 e. The molecule has 0 aliphatic carbocycles. The molecule has 0 aliphatic heterocycles. The Morgan fingerprint density at radius 2 is 1.86 bits per heavy atom. The Hall–Kier alpha value is -2.36. The molecule has 0 saturated heterocycles. The van der Waals surface area contributed by atoms with Gasteiger partial charge in [0.1, 0.15) is 5.82 Å². The normalized spacial score (nSPS) is 11.8. The third-order valence-electron chi connectivity index (χ3n) is 3.18. The van der Waals surface area contributed by atoms with Crippen molar-refractivity contribution in [3.63, 3.8) is 0 Å². The lowest BCUT2D eigenvalue weighted by Gasteiger charge is -2.20. The standard InChI is InChI=1S/C17H18FNO2/c1-3-21-17(20)16(13-9-5-6-10-14(13)18)19-15-11-7-4-8-12(15)2/h4-11,16,19H,3H2,1-2H3. The van der Waals surface area contributed by atoms with Crippen LogP contribution in [0.3, 0.4) is 0 Å². The molecule has 2 aromatic carbocycles. The molecule has 0 heterocycles. The first-order valence-corrected chi connectivity index (χ1v) is 6.86. The number of hydrogen-bond donors (Lipinski definition) is 1. The number of nitrogens with one attached hydrogen (secondary N) is 1. The Labute approximate surface area is 123 Å². The summed E-state index contributed by atoms with van der Waals surface area (Å²) in [7, 11) is 0. The second-order valence-corrected chi connectivity index (χ2v) is 4.67. The number of ether oxygens (including phenoxy) is 1. The number of benzene rings is 2. The summed E-state index contributed by atoms with van der Waals surface area (Å²) in [6, 6.07) is 12.9. The minimum atomic E-state index is -0.868. The van der Waals surface area contributed by atoms with E-state index in [-0.39, 0.29) is 12.2 Å². The molecule has 110 valence electrons. The van der Waals surface area contributed by atoms with Gasteiger partial charge in [0.25, 0.3) is 0 Å². The van der Waals surface area contributed by atoms with E-state index in [9.17, 15) is 9.18 Å². The van der Waals surface area contributed by atoms with Gasteiger partial charge in [-0.1, -0.05) is 36.4 Å². The fraction of sp³-hybridized carbons (Fsp3) is 0.235. The number of anilines is 1. The zero-order valence-electron chi connectivity index (χ0n) is 12.1. The molecule has 0 spiro atoms. The molecule has 1 atom stereocenters. The van der Waals surface area contributed by atoms with E-state index in [1.165, 1.54) is 6.07 Å². The van der Waals surface area contributed by atoms with Crippen molar-refractivity contribution in [1.29, 1.82) is 0 Å². The van der Waals surface area contributed by atoms with Gasteiger partial charge in [0.05, 0.1) is 6.61 Å². The molecule has 0 bridgehead atoms. The van der Waals surface area contributed by atoms with Crippen LogP contribution in [0.2, 0.25) is 0 Å². The van der Waals surface area contributed by atoms with Crippen molar-refractivity contribution in [2.45, 2.75) is 19.9 Å². The number of para-hydroxylation sites is 1. The highest BCUT2D eigenvalue weighted by molar-refractivity contribution is 5.81. The second-order valence-electron chi connectivity index (χ2n) is 4.67. The average molecular weight is 287 g/mol. The number of carbonyl (C=O) groups is 1. The SMILES string of the molecule is CCOC(=O)C(Nc1ccccc1C)c1ccccc1F. The number of aryl methyl sites for hydroxylation is 1. The van der Waals surface area contributed by atoms with Crippen LogP contribution < -0.4 is 5.32 Å². The van der Waals surface area contributed by atoms with Gasteiger partial charge in [0.2, 0.25) is 0 Å². The minimum Gasteiger partial charge on any atom is -0.464 e. The van der Waals surface area contributed by atoms with Gasteiger partial charge in [-0.2, -0.15) is 0 Å². The highest BCUT2D eigenvalue weighted by Crippen LogP contribution is 2.25. The van der Waals surface area contributed by atoms with E-state index >= 15 is 0 Å². The molecule has 0 radical (unpaired) electrons. The Morgan fingerprint density at radius 3 is 2.52 bits per heavy atom. The van der Waals surface area contributed by atoms with Gasteiger partial charge in [-0.25, -0.2) is 9.18 Å². The van der Waals surface area contributed by atoms with Gasteiger partial charge in [-0.15, -0.1) is 0 Å². The zero-order valence-corrected chi connectivity index (χ0v) is 12.1. The lowest BCUT2D eigenvalue weighted by molar-refractivity contribution is -0.144. The van der Waals surface area contributed by atoms with Gasteiger partial charge < -0.3 is 10.1 Å². The van der Waals surface area contributed by atoms with Crippen LogP contribution in [0.25, 0.3) is 0 Å². The molecule has 2 rings (SSSR count). The first-order chi connectivity index (χ1) is 10.1. The summed E-state index contributed by atoms with van der Waals surface area (Å²) in [5, 5.41) is 3.07. The van der Waals surface area contributed by atoms with Gasteiger partial charge in [-0.3, -0.25) is 0 Å². The summed E-state index contributed by atoms with van der Waals surface area (Å²) >= 11 is 0. The van der Waals surface area contributed by atoms with Gasteiger partial charge in [0, 0.05) is 11.3 Å². The predicted molar refractivity (Wildman–Crippen MR) is 80.6 cm³/mol. The average Bonchev–Trinajstić information content (AvgIpc) is 2.48. The fourth-order valence-electron chi connectivity index (χ4n) is 2.09. The van der Waals surface area contributed by atoms with Crippen LogP contribution in [0.15, 0.2) is 48.5 Å². The van der Waals surface area contributed by atoms with Crippen molar-refractivity contribution in [2.24, 2.45) is 0 Å². The van der Waals surface area contributed by atoms with E-state index in [0.29, 0.717) is 0 Å². The van der Waals surface area contributed by atoms with Crippen LogP contribution in [0, 0.1) is 12.7 Å². The molecule has 0 saturated carbocycles. The lowest BCUT2D eigenvalue weighted by Crippen LogP contribution is -2.24. The molecule has 0 amide bonds. The van der Waals surface area contributed by atoms with Crippen molar-refractivity contribution in [3.8, 4) is 0 Å². The monoisotopic (exact) mass is 287 g/mol. The van der Waals surface area contributed by atoms with E-state index < -0.39 is 17.8 Å². The van der Waals surface area contributed by atoms with E-state index in [2.05, 4.69) is 5.32 Å². The van der Waals surface area contributed by atoms with E-state index in [0.717, 1.165) is 11.3 Å². The number of esters is 1. The molecule has 3 nitrogen and oxygen atoms in total. The van der Waals surface area contributed by atoms with Gasteiger partial charge in [0.15, 0.2) is 6.04 Å². The molecule has 1 N–H and O–H groups in total. The quantitative estimate of drug-likeness (QED) is 0.849. The van der Waals surface area contributed by atoms with Crippen LogP contribution >= 0.6 is 0 Å². The topological polar surface area (TPSA) is 38.3 Å².